The highest BCUT2D eigenvalue weighted by atomic mass is 35.5. The van der Waals surface area contributed by atoms with Gasteiger partial charge in [-0.05, 0) is 98.3 Å². The van der Waals surface area contributed by atoms with Crippen molar-refractivity contribution in [1.82, 2.24) is 15.5 Å². The Kier molecular flexibility index (Phi) is 14.4. The van der Waals surface area contributed by atoms with E-state index in [0.29, 0.717) is 35.0 Å². The van der Waals surface area contributed by atoms with Crippen molar-refractivity contribution in [2.24, 2.45) is 0 Å². The van der Waals surface area contributed by atoms with Crippen LogP contribution >= 0.6 is 11.6 Å². The molecule has 0 unspecified atom stereocenters. The quantitative estimate of drug-likeness (QED) is 0.168. The normalized spacial score (nSPS) is 12.2. The SMILES string of the molecule is CCCN(CCC)C(=O)c1cc(C)cc(C(=O)N[C@@H](Cc2cc(F)cc(F)c2)[C@@H](O)CCNC(=O)CCOc2ccc(Cl)cc2)c1. The molecule has 0 bridgehead atoms. The predicted molar refractivity (Wildman–Crippen MR) is 174 cm³/mol. The zero-order valence-corrected chi connectivity index (χ0v) is 27.2. The number of rotatable bonds is 17. The van der Waals surface area contributed by atoms with Gasteiger partial charge in [0.25, 0.3) is 11.8 Å². The van der Waals surface area contributed by atoms with Gasteiger partial charge in [-0.25, -0.2) is 8.78 Å². The van der Waals surface area contributed by atoms with Gasteiger partial charge in [-0.15, -0.1) is 0 Å². The number of carbonyl (C=O) groups is 3. The van der Waals surface area contributed by atoms with Crippen molar-refractivity contribution >= 4 is 29.3 Å². The van der Waals surface area contributed by atoms with E-state index in [0.717, 1.165) is 31.0 Å². The van der Waals surface area contributed by atoms with Crippen LogP contribution in [-0.2, 0) is 11.2 Å². The molecule has 0 spiro atoms. The van der Waals surface area contributed by atoms with Gasteiger partial charge in [0.05, 0.1) is 25.2 Å². The van der Waals surface area contributed by atoms with Gasteiger partial charge in [0.15, 0.2) is 0 Å². The lowest BCUT2D eigenvalue weighted by molar-refractivity contribution is -0.121. The largest absolute Gasteiger partial charge is 0.493 e. The number of nitrogens with zero attached hydrogens (tertiary/aromatic N) is 1. The number of hydrogen-bond acceptors (Lipinski definition) is 5. The monoisotopic (exact) mass is 657 g/mol. The average molecular weight is 658 g/mol. The number of aliphatic hydroxyl groups excluding tert-OH is 1. The second kappa shape index (κ2) is 18.2. The first-order chi connectivity index (χ1) is 22.0. The number of nitrogens with one attached hydrogen (secondary N) is 2. The van der Waals surface area contributed by atoms with E-state index in [1.807, 2.05) is 13.8 Å². The van der Waals surface area contributed by atoms with Gasteiger partial charge in [0.2, 0.25) is 5.91 Å². The summed E-state index contributed by atoms with van der Waals surface area (Å²) in [6.45, 7) is 7.16. The van der Waals surface area contributed by atoms with Crippen LogP contribution in [0.3, 0.4) is 0 Å². The van der Waals surface area contributed by atoms with Gasteiger partial charge >= 0.3 is 0 Å². The second-order valence-corrected chi connectivity index (χ2v) is 11.6. The Morgan fingerprint density at radius 2 is 1.57 bits per heavy atom. The smallest absolute Gasteiger partial charge is 0.253 e. The average Bonchev–Trinajstić information content (AvgIpc) is 3.00. The molecule has 3 rings (SSSR count). The van der Waals surface area contributed by atoms with E-state index < -0.39 is 29.7 Å². The molecular formula is C35H42ClF2N3O5. The van der Waals surface area contributed by atoms with Gasteiger partial charge < -0.3 is 25.4 Å². The van der Waals surface area contributed by atoms with Crippen LogP contribution in [0.2, 0.25) is 5.02 Å². The Balaban J connectivity index is 1.68. The van der Waals surface area contributed by atoms with Crippen molar-refractivity contribution in [3.63, 3.8) is 0 Å². The number of aliphatic hydroxyl groups is 1. The van der Waals surface area contributed by atoms with Crippen molar-refractivity contribution in [2.45, 2.75) is 65.0 Å². The Morgan fingerprint density at radius 3 is 2.20 bits per heavy atom. The number of hydrogen-bond donors (Lipinski definition) is 3. The maximum Gasteiger partial charge on any atom is 0.253 e. The van der Waals surface area contributed by atoms with Crippen molar-refractivity contribution < 1.29 is 33.0 Å². The van der Waals surface area contributed by atoms with Crippen molar-refractivity contribution in [2.75, 3.05) is 26.2 Å². The molecule has 3 amide bonds. The molecule has 248 valence electrons. The first-order valence-corrected chi connectivity index (χ1v) is 15.9. The summed E-state index contributed by atoms with van der Waals surface area (Å²) in [6.07, 6.45) is 0.446. The maximum atomic E-state index is 14.0. The van der Waals surface area contributed by atoms with Crippen LogP contribution in [0, 0.1) is 18.6 Å². The highest BCUT2D eigenvalue weighted by Crippen LogP contribution is 2.18. The minimum atomic E-state index is -1.18. The van der Waals surface area contributed by atoms with Gasteiger partial charge in [-0.3, -0.25) is 14.4 Å². The van der Waals surface area contributed by atoms with E-state index >= 15 is 0 Å². The molecule has 3 aromatic carbocycles. The zero-order valence-electron chi connectivity index (χ0n) is 26.5. The molecule has 0 radical (unpaired) electrons. The van der Waals surface area contributed by atoms with Crippen LogP contribution in [0.5, 0.6) is 5.75 Å². The van der Waals surface area contributed by atoms with Crippen LogP contribution in [-0.4, -0.2) is 66.1 Å². The summed E-state index contributed by atoms with van der Waals surface area (Å²) in [5.41, 5.74) is 1.53. The van der Waals surface area contributed by atoms with Gasteiger partial charge in [0, 0.05) is 41.9 Å². The molecule has 0 fully saturated rings. The molecular weight excluding hydrogens is 616 g/mol. The molecule has 3 N–H and O–H groups in total. The first kappa shape index (κ1) is 36.4. The molecule has 8 nitrogen and oxygen atoms in total. The van der Waals surface area contributed by atoms with Gasteiger partial charge in [-0.2, -0.15) is 0 Å². The lowest BCUT2D eigenvalue weighted by atomic mass is 9.97. The number of halogens is 3. The summed E-state index contributed by atoms with van der Waals surface area (Å²) < 4.78 is 33.5. The number of ether oxygens (including phenoxy) is 1. The lowest BCUT2D eigenvalue weighted by Crippen LogP contribution is -2.46. The van der Waals surface area contributed by atoms with Crippen LogP contribution in [0.4, 0.5) is 8.78 Å². The summed E-state index contributed by atoms with van der Waals surface area (Å²) in [5, 5.41) is 17.2. The number of amides is 3. The highest BCUT2D eigenvalue weighted by molar-refractivity contribution is 6.30. The molecule has 0 saturated carbocycles. The van der Waals surface area contributed by atoms with Gasteiger partial charge in [0.1, 0.15) is 17.4 Å². The van der Waals surface area contributed by atoms with E-state index in [1.165, 1.54) is 6.07 Å². The Labute approximate surface area is 274 Å². The third-order valence-corrected chi connectivity index (χ3v) is 7.45. The molecule has 0 aliphatic heterocycles. The van der Waals surface area contributed by atoms with E-state index in [2.05, 4.69) is 10.6 Å². The number of aryl methyl sites for hydroxylation is 1. The second-order valence-electron chi connectivity index (χ2n) is 11.2. The summed E-state index contributed by atoms with van der Waals surface area (Å²) in [7, 11) is 0. The molecule has 0 aromatic heterocycles. The van der Waals surface area contributed by atoms with E-state index in [-0.39, 0.29) is 55.4 Å². The van der Waals surface area contributed by atoms with Crippen molar-refractivity contribution in [3.05, 3.63) is 99.6 Å². The maximum absolute atomic E-state index is 14.0. The molecule has 2 atom stereocenters. The molecule has 0 saturated heterocycles. The molecule has 46 heavy (non-hydrogen) atoms. The minimum absolute atomic E-state index is 0.0487. The zero-order chi connectivity index (χ0) is 33.6. The Hall–Kier alpha value is -4.02. The third-order valence-electron chi connectivity index (χ3n) is 7.19. The Bertz CT molecular complexity index is 1440. The minimum Gasteiger partial charge on any atom is -0.493 e. The van der Waals surface area contributed by atoms with Crippen LogP contribution in [0.15, 0.2) is 60.7 Å². The standard InChI is InChI=1S/C35H42ClF2N3O5/c1-4-13-41(14-5-2)35(45)26-17-23(3)16-25(21-26)34(44)40-31(20-24-18-28(37)22-29(38)19-24)32(42)10-12-39-33(43)11-15-46-30-8-6-27(36)7-9-30/h6-9,16-19,21-22,31-32,42H,4-5,10-15,20H2,1-3H3,(H,39,43)(H,40,44)/t31-,32-/m0/s1. The molecule has 11 heteroatoms. The van der Waals surface area contributed by atoms with Crippen molar-refractivity contribution in [3.8, 4) is 5.75 Å². The first-order valence-electron chi connectivity index (χ1n) is 15.5. The highest BCUT2D eigenvalue weighted by Gasteiger charge is 2.24. The van der Waals surface area contributed by atoms with Crippen LogP contribution < -0.4 is 15.4 Å². The lowest BCUT2D eigenvalue weighted by Gasteiger charge is -2.25. The Morgan fingerprint density at radius 1 is 0.935 bits per heavy atom. The fourth-order valence-electron chi connectivity index (χ4n) is 5.03. The fraction of sp³-hybridized carbons (Fsp3) is 0.400. The topological polar surface area (TPSA) is 108 Å². The molecule has 0 aliphatic carbocycles. The number of benzene rings is 3. The van der Waals surface area contributed by atoms with E-state index in [4.69, 9.17) is 16.3 Å². The summed E-state index contributed by atoms with van der Waals surface area (Å²) >= 11 is 5.86. The molecule has 0 heterocycles. The van der Waals surface area contributed by atoms with E-state index in [1.54, 1.807) is 48.2 Å². The predicted octanol–water partition coefficient (Wildman–Crippen LogP) is 5.87. The summed E-state index contributed by atoms with van der Waals surface area (Å²) in [4.78, 5) is 40.8. The van der Waals surface area contributed by atoms with Gasteiger partial charge in [-0.1, -0.05) is 25.4 Å². The fourth-order valence-corrected chi connectivity index (χ4v) is 5.16. The van der Waals surface area contributed by atoms with Crippen LogP contribution in [0.1, 0.15) is 71.4 Å². The molecule has 3 aromatic rings. The van der Waals surface area contributed by atoms with Crippen LogP contribution in [0.25, 0.3) is 0 Å². The number of carbonyl (C=O) groups excluding carboxylic acids is 3. The van der Waals surface area contributed by atoms with E-state index in [9.17, 15) is 28.3 Å². The summed E-state index contributed by atoms with van der Waals surface area (Å²) in [6, 6.07) is 13.7. The van der Waals surface area contributed by atoms with Crippen molar-refractivity contribution in [1.29, 1.82) is 0 Å². The summed E-state index contributed by atoms with van der Waals surface area (Å²) in [5.74, 6) is -2.03. The third kappa shape index (κ3) is 11.7. The molecule has 0 aliphatic rings.